The van der Waals surface area contributed by atoms with Crippen molar-refractivity contribution in [2.75, 3.05) is 6.54 Å². The van der Waals surface area contributed by atoms with E-state index >= 15 is 0 Å². The lowest BCUT2D eigenvalue weighted by atomic mass is 9.95. The summed E-state index contributed by atoms with van der Waals surface area (Å²) in [5.74, 6) is -0.605. The van der Waals surface area contributed by atoms with E-state index in [9.17, 15) is 23.3 Å². The number of para-hydroxylation sites is 1. The number of benzene rings is 2. The number of nitro benzene ring substituents is 1. The highest BCUT2D eigenvalue weighted by atomic mass is 32.2. The van der Waals surface area contributed by atoms with Gasteiger partial charge in [-0.05, 0) is 50.8 Å². The second-order valence-corrected chi connectivity index (χ2v) is 10.5. The van der Waals surface area contributed by atoms with Crippen molar-refractivity contribution < 1.29 is 18.1 Å². The number of carbonyl (C=O) groups excluding carboxylic acids is 1. The van der Waals surface area contributed by atoms with Gasteiger partial charge < -0.3 is 0 Å². The molecule has 0 bridgehead atoms. The molecule has 2 aromatic rings. The topological polar surface area (TPSA) is 122 Å². The van der Waals surface area contributed by atoms with Crippen LogP contribution in [0.4, 0.5) is 5.69 Å². The monoisotopic (exact) mass is 486 g/mol. The zero-order valence-electron chi connectivity index (χ0n) is 19.7. The highest BCUT2D eigenvalue weighted by Crippen LogP contribution is 2.31. The summed E-state index contributed by atoms with van der Waals surface area (Å²) in [6, 6.07) is 9.40. The van der Waals surface area contributed by atoms with E-state index in [4.69, 9.17) is 0 Å². The van der Waals surface area contributed by atoms with Crippen LogP contribution in [0, 0.1) is 30.9 Å². The van der Waals surface area contributed by atoms with Gasteiger partial charge in [0.25, 0.3) is 11.6 Å². The van der Waals surface area contributed by atoms with Gasteiger partial charge in [0.15, 0.2) is 0 Å². The van der Waals surface area contributed by atoms with E-state index in [0.29, 0.717) is 24.0 Å². The van der Waals surface area contributed by atoms with Crippen LogP contribution in [0.3, 0.4) is 0 Å². The molecule has 1 aliphatic rings. The van der Waals surface area contributed by atoms with Crippen molar-refractivity contribution in [3.8, 4) is 0 Å². The molecule has 1 amide bonds. The molecule has 10 heteroatoms. The third-order valence-corrected chi connectivity index (χ3v) is 8.18. The molecule has 1 N–H and O–H groups in total. The maximum absolute atomic E-state index is 13.8. The molecule has 182 valence electrons. The summed E-state index contributed by atoms with van der Waals surface area (Å²) in [5.41, 5.74) is 4.69. The van der Waals surface area contributed by atoms with Crippen LogP contribution in [0.2, 0.25) is 0 Å². The summed E-state index contributed by atoms with van der Waals surface area (Å²) >= 11 is 0. The molecule has 0 saturated heterocycles. The van der Waals surface area contributed by atoms with Crippen LogP contribution in [0.5, 0.6) is 0 Å². The van der Waals surface area contributed by atoms with Gasteiger partial charge in [-0.1, -0.05) is 49.1 Å². The van der Waals surface area contributed by atoms with Crippen LogP contribution >= 0.6 is 0 Å². The Labute approximate surface area is 200 Å². The quantitative estimate of drug-likeness (QED) is 0.343. The Morgan fingerprint density at radius 1 is 1.15 bits per heavy atom. The number of sulfonamides is 1. The number of nitrogens with zero attached hydrogens (tertiary/aromatic N) is 3. The first-order valence-corrected chi connectivity index (χ1v) is 12.7. The van der Waals surface area contributed by atoms with Gasteiger partial charge in [0.1, 0.15) is 0 Å². The highest BCUT2D eigenvalue weighted by molar-refractivity contribution is 7.89. The first kappa shape index (κ1) is 25.5. The molecule has 9 nitrogen and oxygen atoms in total. The number of carbonyl (C=O) groups is 1. The third kappa shape index (κ3) is 5.87. The molecule has 1 aliphatic carbocycles. The lowest BCUT2D eigenvalue weighted by Gasteiger charge is -2.33. The Morgan fingerprint density at radius 2 is 1.76 bits per heavy atom. The molecular weight excluding hydrogens is 456 g/mol. The standard InChI is InChI=1S/C24H30N4O5S/c1-17-13-18(2)24(19(3)14-17)34(32,33)27(21-10-5-4-6-11-21)16-23(29)26-25-15-20-9-7-8-12-22(20)28(30)31/h7-9,12-15,21H,4-6,10-11,16H2,1-3H3,(H,26,29)/b25-15+. The predicted molar refractivity (Wildman–Crippen MR) is 130 cm³/mol. The summed E-state index contributed by atoms with van der Waals surface area (Å²) in [4.78, 5) is 23.6. The number of aryl methyl sites for hydroxylation is 3. The van der Waals surface area contributed by atoms with Crippen LogP contribution in [-0.4, -0.2) is 42.4 Å². The number of hydrazone groups is 1. The number of rotatable bonds is 8. The van der Waals surface area contributed by atoms with Crippen LogP contribution in [0.1, 0.15) is 54.4 Å². The molecule has 2 aromatic carbocycles. The first-order chi connectivity index (χ1) is 16.1. The van der Waals surface area contributed by atoms with Gasteiger partial charge in [-0.25, -0.2) is 13.8 Å². The largest absolute Gasteiger partial charge is 0.278 e. The molecular formula is C24H30N4O5S. The van der Waals surface area contributed by atoms with Gasteiger partial charge in [0, 0.05) is 12.1 Å². The van der Waals surface area contributed by atoms with E-state index in [0.717, 1.165) is 24.8 Å². The summed E-state index contributed by atoms with van der Waals surface area (Å²) in [6.45, 7) is 5.07. The zero-order valence-corrected chi connectivity index (χ0v) is 20.5. The minimum Gasteiger partial charge on any atom is -0.272 e. The Kier molecular flexibility index (Phi) is 8.16. The maximum atomic E-state index is 13.8. The number of nitro groups is 1. The van der Waals surface area contributed by atoms with E-state index in [1.165, 1.54) is 28.7 Å². The SMILES string of the molecule is Cc1cc(C)c(S(=O)(=O)N(CC(=O)N/N=C/c2ccccc2[N+](=O)[O-])C2CCCCC2)c(C)c1. The highest BCUT2D eigenvalue weighted by Gasteiger charge is 2.35. The third-order valence-electron chi connectivity index (χ3n) is 5.98. The van der Waals surface area contributed by atoms with Crippen molar-refractivity contribution in [2.24, 2.45) is 5.10 Å². The van der Waals surface area contributed by atoms with Crippen LogP contribution < -0.4 is 5.43 Å². The molecule has 0 aromatic heterocycles. The van der Waals surface area contributed by atoms with E-state index < -0.39 is 20.9 Å². The molecule has 0 heterocycles. The average Bonchev–Trinajstić information content (AvgIpc) is 2.77. The Bertz CT molecular complexity index is 1180. The van der Waals surface area contributed by atoms with Crippen LogP contribution in [0.15, 0.2) is 46.4 Å². The molecule has 3 rings (SSSR count). The van der Waals surface area contributed by atoms with E-state index in [1.54, 1.807) is 19.9 Å². The van der Waals surface area contributed by atoms with Crippen molar-refractivity contribution in [1.82, 2.24) is 9.73 Å². The summed E-state index contributed by atoms with van der Waals surface area (Å²) in [6.07, 6.45) is 5.41. The molecule has 1 saturated carbocycles. The molecule has 0 radical (unpaired) electrons. The molecule has 34 heavy (non-hydrogen) atoms. The van der Waals surface area contributed by atoms with Gasteiger partial charge in [0.05, 0.1) is 28.1 Å². The van der Waals surface area contributed by atoms with Crippen LogP contribution in [0.25, 0.3) is 0 Å². The molecule has 0 atom stereocenters. The lowest BCUT2D eigenvalue weighted by Crippen LogP contribution is -2.46. The summed E-state index contributed by atoms with van der Waals surface area (Å²) in [5, 5.41) is 15.0. The number of nitrogens with one attached hydrogen (secondary N) is 1. The second kappa shape index (κ2) is 10.9. The molecule has 0 unspecified atom stereocenters. The van der Waals surface area contributed by atoms with Gasteiger partial charge in [-0.2, -0.15) is 9.41 Å². The van der Waals surface area contributed by atoms with Crippen LogP contribution in [-0.2, 0) is 14.8 Å². The van der Waals surface area contributed by atoms with E-state index in [2.05, 4.69) is 10.5 Å². The minimum atomic E-state index is -3.94. The van der Waals surface area contributed by atoms with Crippen molar-refractivity contribution in [3.05, 3.63) is 68.8 Å². The first-order valence-electron chi connectivity index (χ1n) is 11.3. The van der Waals surface area contributed by atoms with Gasteiger partial charge >= 0.3 is 0 Å². The number of hydrogen-bond donors (Lipinski definition) is 1. The van der Waals surface area contributed by atoms with Crippen molar-refractivity contribution in [1.29, 1.82) is 0 Å². The predicted octanol–water partition coefficient (Wildman–Crippen LogP) is 3.99. The lowest BCUT2D eigenvalue weighted by molar-refractivity contribution is -0.385. The molecule has 0 aliphatic heterocycles. The van der Waals surface area contributed by atoms with E-state index in [1.807, 2.05) is 19.1 Å². The molecule has 1 fully saturated rings. The Morgan fingerprint density at radius 3 is 2.38 bits per heavy atom. The van der Waals surface area contributed by atoms with Gasteiger partial charge in [-0.3, -0.25) is 14.9 Å². The van der Waals surface area contributed by atoms with Gasteiger partial charge in [0.2, 0.25) is 10.0 Å². The normalized spacial score (nSPS) is 15.1. The smallest absolute Gasteiger partial charge is 0.272 e. The Balaban J connectivity index is 1.85. The van der Waals surface area contributed by atoms with Crippen molar-refractivity contribution >= 4 is 27.8 Å². The van der Waals surface area contributed by atoms with Gasteiger partial charge in [-0.15, -0.1) is 0 Å². The van der Waals surface area contributed by atoms with Crippen molar-refractivity contribution in [3.63, 3.8) is 0 Å². The summed E-state index contributed by atoms with van der Waals surface area (Å²) in [7, 11) is -3.94. The van der Waals surface area contributed by atoms with Crippen molar-refractivity contribution in [2.45, 2.75) is 63.8 Å². The summed E-state index contributed by atoms with van der Waals surface area (Å²) < 4.78 is 28.8. The molecule has 0 spiro atoms. The fraction of sp³-hybridized carbons (Fsp3) is 0.417. The average molecular weight is 487 g/mol. The maximum Gasteiger partial charge on any atom is 0.278 e. The number of amides is 1. The zero-order chi connectivity index (χ0) is 24.9. The fourth-order valence-electron chi connectivity index (χ4n) is 4.58. The number of hydrogen-bond acceptors (Lipinski definition) is 6. The fourth-order valence-corrected chi connectivity index (χ4v) is 6.64. The second-order valence-electron chi connectivity index (χ2n) is 8.68. The minimum absolute atomic E-state index is 0.141. The van der Waals surface area contributed by atoms with E-state index in [-0.39, 0.29) is 28.7 Å². The Hall–Kier alpha value is -3.11.